The van der Waals surface area contributed by atoms with Crippen molar-refractivity contribution in [3.05, 3.63) is 113 Å². The van der Waals surface area contributed by atoms with E-state index in [0.717, 1.165) is 39.2 Å². The molecule has 0 radical (unpaired) electrons. The van der Waals surface area contributed by atoms with Crippen molar-refractivity contribution < 1.29 is 14.3 Å². The highest BCUT2D eigenvalue weighted by Gasteiger charge is 2.16. The summed E-state index contributed by atoms with van der Waals surface area (Å²) in [5.74, 6) is -1.01. The Morgan fingerprint density at radius 1 is 0.711 bits per heavy atom. The Bertz CT molecular complexity index is 1640. The molecule has 0 fully saturated rings. The molecule has 0 unspecified atom stereocenters. The highest BCUT2D eigenvalue weighted by atomic mass is 16.5. The SMILES string of the molecule is Cc1ccc(-c2nc3ccc(C(=O)OCC(=O)Nc4ccccc4C)cc3nc2-c2ccc(C)cc2)cc1. The molecule has 0 saturated heterocycles. The second-order valence-electron chi connectivity index (χ2n) is 9.30. The monoisotopic (exact) mass is 501 g/mol. The van der Waals surface area contributed by atoms with Gasteiger partial charge in [0.25, 0.3) is 5.91 Å². The van der Waals surface area contributed by atoms with Crippen LogP contribution in [0.5, 0.6) is 0 Å². The molecule has 0 aliphatic rings. The molecule has 1 aromatic heterocycles. The maximum Gasteiger partial charge on any atom is 0.338 e. The summed E-state index contributed by atoms with van der Waals surface area (Å²) in [6.07, 6.45) is 0. The first-order valence-corrected chi connectivity index (χ1v) is 12.4. The molecule has 4 aromatic carbocycles. The van der Waals surface area contributed by atoms with Gasteiger partial charge in [0.1, 0.15) is 0 Å². The van der Waals surface area contributed by atoms with Crippen LogP contribution in [-0.2, 0) is 9.53 Å². The molecular formula is C32H27N3O3. The van der Waals surface area contributed by atoms with E-state index in [0.29, 0.717) is 22.3 Å². The number of para-hydroxylation sites is 1. The number of benzene rings is 4. The predicted octanol–water partition coefficient (Wildman–Crippen LogP) is 6.68. The second-order valence-corrected chi connectivity index (χ2v) is 9.30. The Morgan fingerprint density at radius 3 is 1.89 bits per heavy atom. The van der Waals surface area contributed by atoms with Crippen LogP contribution in [0.1, 0.15) is 27.0 Å². The third kappa shape index (κ3) is 5.44. The Morgan fingerprint density at radius 2 is 1.29 bits per heavy atom. The van der Waals surface area contributed by atoms with Gasteiger partial charge in [0.05, 0.1) is 28.0 Å². The average molecular weight is 502 g/mol. The van der Waals surface area contributed by atoms with Crippen LogP contribution >= 0.6 is 0 Å². The Kier molecular flexibility index (Phi) is 6.96. The minimum atomic E-state index is -0.604. The first kappa shape index (κ1) is 24.8. The largest absolute Gasteiger partial charge is 0.452 e. The summed E-state index contributed by atoms with van der Waals surface area (Å²) in [6.45, 7) is 5.59. The van der Waals surface area contributed by atoms with Crippen LogP contribution in [0.2, 0.25) is 0 Å². The molecule has 0 aliphatic heterocycles. The maximum absolute atomic E-state index is 12.8. The number of ether oxygens (including phenoxy) is 1. The number of nitrogens with one attached hydrogen (secondary N) is 1. The number of amides is 1. The van der Waals surface area contributed by atoms with Gasteiger partial charge >= 0.3 is 5.97 Å². The molecule has 38 heavy (non-hydrogen) atoms. The number of fused-ring (bicyclic) bond motifs is 1. The molecule has 188 valence electrons. The van der Waals surface area contributed by atoms with Crippen LogP contribution in [-0.4, -0.2) is 28.5 Å². The molecule has 5 rings (SSSR count). The number of carbonyl (C=O) groups excluding carboxylic acids is 2. The zero-order chi connectivity index (χ0) is 26.6. The van der Waals surface area contributed by atoms with E-state index in [2.05, 4.69) is 17.4 Å². The van der Waals surface area contributed by atoms with Gasteiger partial charge in [-0.15, -0.1) is 0 Å². The summed E-state index contributed by atoms with van der Waals surface area (Å²) in [4.78, 5) is 34.9. The van der Waals surface area contributed by atoms with Crippen molar-refractivity contribution in [1.29, 1.82) is 0 Å². The molecule has 1 heterocycles. The maximum atomic E-state index is 12.8. The number of rotatable bonds is 6. The molecule has 1 amide bonds. The van der Waals surface area contributed by atoms with Crippen molar-refractivity contribution in [3.63, 3.8) is 0 Å². The third-order valence-electron chi connectivity index (χ3n) is 6.30. The van der Waals surface area contributed by atoms with Gasteiger partial charge in [0.15, 0.2) is 6.61 Å². The number of esters is 1. The van der Waals surface area contributed by atoms with E-state index < -0.39 is 18.5 Å². The lowest BCUT2D eigenvalue weighted by Gasteiger charge is -2.12. The predicted molar refractivity (Wildman–Crippen MR) is 150 cm³/mol. The minimum absolute atomic E-state index is 0.299. The van der Waals surface area contributed by atoms with Crippen LogP contribution in [0.3, 0.4) is 0 Å². The average Bonchev–Trinajstić information content (AvgIpc) is 2.93. The van der Waals surface area contributed by atoms with Crippen LogP contribution < -0.4 is 5.32 Å². The Balaban J connectivity index is 1.43. The second kappa shape index (κ2) is 10.6. The molecule has 0 saturated carbocycles. The lowest BCUT2D eigenvalue weighted by molar-refractivity contribution is -0.119. The number of carbonyl (C=O) groups is 2. The van der Waals surface area contributed by atoms with Crippen molar-refractivity contribution >= 4 is 28.6 Å². The van der Waals surface area contributed by atoms with Crippen molar-refractivity contribution in [2.24, 2.45) is 0 Å². The molecule has 1 N–H and O–H groups in total. The van der Waals surface area contributed by atoms with Crippen molar-refractivity contribution in [2.45, 2.75) is 20.8 Å². The zero-order valence-corrected chi connectivity index (χ0v) is 21.5. The van der Waals surface area contributed by atoms with Gasteiger partial charge in [-0.05, 0) is 50.6 Å². The lowest BCUT2D eigenvalue weighted by atomic mass is 10.0. The highest BCUT2D eigenvalue weighted by Crippen LogP contribution is 2.31. The van der Waals surface area contributed by atoms with Crippen LogP contribution in [0, 0.1) is 20.8 Å². The van der Waals surface area contributed by atoms with Gasteiger partial charge in [-0.3, -0.25) is 4.79 Å². The van der Waals surface area contributed by atoms with Gasteiger partial charge in [0, 0.05) is 16.8 Å². The summed E-state index contributed by atoms with van der Waals surface area (Å²) < 4.78 is 5.28. The van der Waals surface area contributed by atoms with Gasteiger partial charge in [-0.25, -0.2) is 14.8 Å². The van der Waals surface area contributed by atoms with E-state index in [4.69, 9.17) is 14.7 Å². The van der Waals surface area contributed by atoms with Gasteiger partial charge in [-0.2, -0.15) is 0 Å². The smallest absolute Gasteiger partial charge is 0.338 e. The summed E-state index contributed by atoms with van der Waals surface area (Å²) in [5, 5.41) is 2.76. The summed E-state index contributed by atoms with van der Waals surface area (Å²) in [6, 6.07) is 28.8. The van der Waals surface area contributed by atoms with Crippen LogP contribution in [0.4, 0.5) is 5.69 Å². The van der Waals surface area contributed by atoms with E-state index in [-0.39, 0.29) is 0 Å². The molecular weight excluding hydrogens is 474 g/mol. The Hall–Kier alpha value is -4.84. The van der Waals surface area contributed by atoms with Gasteiger partial charge in [-0.1, -0.05) is 77.9 Å². The number of nitrogens with zero attached hydrogens (tertiary/aromatic N) is 2. The molecule has 0 spiro atoms. The number of aromatic nitrogens is 2. The number of hydrogen-bond acceptors (Lipinski definition) is 5. The first-order chi connectivity index (χ1) is 18.4. The fourth-order valence-electron chi connectivity index (χ4n) is 4.12. The number of aryl methyl sites for hydroxylation is 3. The fourth-order valence-corrected chi connectivity index (χ4v) is 4.12. The zero-order valence-electron chi connectivity index (χ0n) is 21.5. The summed E-state index contributed by atoms with van der Waals surface area (Å²) in [5.41, 5.74) is 8.83. The van der Waals surface area contributed by atoms with E-state index in [1.807, 2.05) is 75.4 Å². The summed E-state index contributed by atoms with van der Waals surface area (Å²) >= 11 is 0. The third-order valence-corrected chi connectivity index (χ3v) is 6.30. The standard InChI is InChI=1S/C32H27N3O3/c1-20-8-12-23(13-9-20)30-31(24-14-10-21(2)11-15-24)35-28-18-25(16-17-27(28)34-30)32(37)38-19-29(36)33-26-7-5-4-6-22(26)3/h4-18H,19H2,1-3H3,(H,33,36). The molecule has 6 nitrogen and oxygen atoms in total. The number of hydrogen-bond donors (Lipinski definition) is 1. The molecule has 0 bridgehead atoms. The van der Waals surface area contributed by atoms with E-state index >= 15 is 0 Å². The number of anilines is 1. The molecule has 5 aromatic rings. The fraction of sp³-hybridized carbons (Fsp3) is 0.125. The summed E-state index contributed by atoms with van der Waals surface area (Å²) in [7, 11) is 0. The molecule has 0 aliphatic carbocycles. The molecule has 0 atom stereocenters. The Labute approximate surface area is 221 Å². The van der Waals surface area contributed by atoms with Gasteiger partial charge in [0.2, 0.25) is 0 Å². The van der Waals surface area contributed by atoms with E-state index in [9.17, 15) is 9.59 Å². The van der Waals surface area contributed by atoms with E-state index in [1.54, 1.807) is 24.3 Å². The van der Waals surface area contributed by atoms with Crippen LogP contribution in [0.15, 0.2) is 91.0 Å². The lowest BCUT2D eigenvalue weighted by Crippen LogP contribution is -2.21. The van der Waals surface area contributed by atoms with Crippen molar-refractivity contribution in [3.8, 4) is 22.5 Å². The molecule has 6 heteroatoms. The quantitative estimate of drug-likeness (QED) is 0.262. The van der Waals surface area contributed by atoms with Crippen molar-refractivity contribution in [2.75, 3.05) is 11.9 Å². The topological polar surface area (TPSA) is 81.2 Å². The van der Waals surface area contributed by atoms with Crippen LogP contribution in [0.25, 0.3) is 33.5 Å². The van der Waals surface area contributed by atoms with Gasteiger partial charge < -0.3 is 10.1 Å². The first-order valence-electron chi connectivity index (χ1n) is 12.4. The van der Waals surface area contributed by atoms with Crippen molar-refractivity contribution in [1.82, 2.24) is 9.97 Å². The highest BCUT2D eigenvalue weighted by molar-refractivity contribution is 5.98. The minimum Gasteiger partial charge on any atom is -0.452 e. The van der Waals surface area contributed by atoms with E-state index in [1.165, 1.54) is 0 Å². The normalized spacial score (nSPS) is 10.8.